The topological polar surface area (TPSA) is 91.8 Å². The monoisotopic (exact) mass is 222 g/mol. The number of H-pyrrole nitrogens is 1. The largest absolute Gasteiger partial charge is 0.478 e. The first-order valence-corrected chi connectivity index (χ1v) is 4.82. The van der Waals surface area contributed by atoms with Gasteiger partial charge in [-0.2, -0.15) is 0 Å². The Morgan fingerprint density at radius 2 is 2.07 bits per heavy atom. The highest BCUT2D eigenvalue weighted by molar-refractivity contribution is 7.99. The molecular weight excluding hydrogens is 216 g/mol. The van der Waals surface area contributed by atoms with E-state index in [1.807, 2.05) is 0 Å². The Labute approximate surface area is 88.7 Å². The van der Waals surface area contributed by atoms with Crippen molar-refractivity contribution in [2.45, 2.75) is 10.1 Å². The van der Waals surface area contributed by atoms with Crippen molar-refractivity contribution in [3.8, 4) is 0 Å². The molecule has 2 aromatic rings. The predicted molar refractivity (Wildman–Crippen MR) is 51.7 cm³/mol. The minimum atomic E-state index is -0.937. The molecule has 0 aliphatic carbocycles. The summed E-state index contributed by atoms with van der Waals surface area (Å²) < 4.78 is 0. The molecule has 1 heterocycles. The molecule has 6 nitrogen and oxygen atoms in total. The average Bonchev–Trinajstić information content (AvgIpc) is 2.71. The molecule has 0 amide bonds. The molecule has 0 bridgehead atoms. The molecule has 0 atom stereocenters. The van der Waals surface area contributed by atoms with E-state index in [1.54, 1.807) is 12.1 Å². The summed E-state index contributed by atoms with van der Waals surface area (Å²) in [5, 5.41) is 22.4. The molecule has 0 aliphatic heterocycles. The van der Waals surface area contributed by atoms with Crippen molar-refractivity contribution in [1.82, 2.24) is 20.6 Å². The molecule has 1 aromatic carbocycles. The summed E-state index contributed by atoms with van der Waals surface area (Å²) in [4.78, 5) is 11.5. The third-order valence-corrected chi connectivity index (χ3v) is 2.52. The number of carboxylic acids is 1. The number of tetrazole rings is 1. The van der Waals surface area contributed by atoms with Gasteiger partial charge in [-0.1, -0.05) is 0 Å². The molecule has 7 heteroatoms. The van der Waals surface area contributed by atoms with Gasteiger partial charge in [0, 0.05) is 4.90 Å². The van der Waals surface area contributed by atoms with Gasteiger partial charge in [-0.3, -0.25) is 0 Å². The van der Waals surface area contributed by atoms with Gasteiger partial charge in [-0.05, 0) is 46.5 Å². The van der Waals surface area contributed by atoms with Crippen LogP contribution in [-0.4, -0.2) is 31.7 Å². The van der Waals surface area contributed by atoms with Gasteiger partial charge in [0.05, 0.1) is 5.56 Å². The fourth-order valence-corrected chi connectivity index (χ4v) is 1.63. The first-order chi connectivity index (χ1) is 7.25. The van der Waals surface area contributed by atoms with Gasteiger partial charge in [-0.25, -0.2) is 9.89 Å². The first-order valence-electron chi connectivity index (χ1n) is 4.00. The van der Waals surface area contributed by atoms with Crippen LogP contribution in [0.2, 0.25) is 0 Å². The van der Waals surface area contributed by atoms with Crippen molar-refractivity contribution in [3.63, 3.8) is 0 Å². The van der Waals surface area contributed by atoms with E-state index in [9.17, 15) is 4.79 Å². The molecule has 76 valence electrons. The van der Waals surface area contributed by atoms with Crippen molar-refractivity contribution in [1.29, 1.82) is 0 Å². The van der Waals surface area contributed by atoms with Crippen molar-refractivity contribution in [3.05, 3.63) is 29.8 Å². The standard InChI is InChI=1S/C8H6N4O2S/c13-7(14)5-1-3-6(4-2-5)15-8-9-11-12-10-8/h1-4H,(H,13,14)(H,9,10,11,12). The molecule has 1 aromatic heterocycles. The molecule has 0 fully saturated rings. The Hall–Kier alpha value is -1.89. The zero-order valence-corrected chi connectivity index (χ0v) is 8.23. The summed E-state index contributed by atoms with van der Waals surface area (Å²) in [6.07, 6.45) is 0. The van der Waals surface area contributed by atoms with E-state index in [2.05, 4.69) is 20.6 Å². The Morgan fingerprint density at radius 1 is 1.33 bits per heavy atom. The number of aromatic amines is 1. The lowest BCUT2D eigenvalue weighted by Gasteiger charge is -1.97. The van der Waals surface area contributed by atoms with Gasteiger partial charge in [0.15, 0.2) is 0 Å². The maximum Gasteiger partial charge on any atom is 0.335 e. The molecule has 0 saturated carbocycles. The van der Waals surface area contributed by atoms with Crippen molar-refractivity contribution < 1.29 is 9.90 Å². The number of carbonyl (C=O) groups is 1. The van der Waals surface area contributed by atoms with E-state index in [0.717, 1.165) is 4.90 Å². The maximum atomic E-state index is 10.6. The van der Waals surface area contributed by atoms with Crippen LogP contribution >= 0.6 is 11.8 Å². The third kappa shape index (κ3) is 2.32. The van der Waals surface area contributed by atoms with Crippen LogP contribution in [0.1, 0.15) is 10.4 Å². The van der Waals surface area contributed by atoms with E-state index in [1.165, 1.54) is 23.9 Å². The number of rotatable bonds is 3. The second-order valence-electron chi connectivity index (χ2n) is 2.64. The number of hydrogen-bond acceptors (Lipinski definition) is 5. The van der Waals surface area contributed by atoms with Crippen LogP contribution in [0.5, 0.6) is 0 Å². The van der Waals surface area contributed by atoms with E-state index < -0.39 is 5.97 Å². The summed E-state index contributed by atoms with van der Waals surface area (Å²) >= 11 is 1.33. The number of hydrogen-bond donors (Lipinski definition) is 2. The second kappa shape index (κ2) is 4.09. The van der Waals surface area contributed by atoms with Gasteiger partial charge in [0.2, 0.25) is 5.16 Å². The maximum absolute atomic E-state index is 10.6. The normalized spacial score (nSPS) is 10.1. The zero-order valence-electron chi connectivity index (χ0n) is 7.41. The fourth-order valence-electron chi connectivity index (χ4n) is 0.971. The fraction of sp³-hybridized carbons (Fsp3) is 0. The van der Waals surface area contributed by atoms with Crippen LogP contribution < -0.4 is 0 Å². The molecule has 15 heavy (non-hydrogen) atoms. The summed E-state index contributed by atoms with van der Waals surface area (Å²) in [6, 6.07) is 6.48. The lowest BCUT2D eigenvalue weighted by molar-refractivity contribution is 0.0697. The summed E-state index contributed by atoms with van der Waals surface area (Å²) in [5.74, 6) is -0.937. The quantitative estimate of drug-likeness (QED) is 0.806. The number of benzene rings is 1. The van der Waals surface area contributed by atoms with Crippen LogP contribution in [0.25, 0.3) is 0 Å². The van der Waals surface area contributed by atoms with Crippen molar-refractivity contribution >= 4 is 17.7 Å². The summed E-state index contributed by atoms with van der Waals surface area (Å²) in [7, 11) is 0. The summed E-state index contributed by atoms with van der Waals surface area (Å²) in [6.45, 7) is 0. The summed E-state index contributed by atoms with van der Waals surface area (Å²) in [5.41, 5.74) is 0.259. The molecular formula is C8H6N4O2S. The highest BCUT2D eigenvalue weighted by Gasteiger charge is 2.04. The Balaban J connectivity index is 2.14. The molecule has 0 radical (unpaired) electrons. The molecule has 0 unspecified atom stereocenters. The lowest BCUT2D eigenvalue weighted by atomic mass is 10.2. The van der Waals surface area contributed by atoms with Crippen LogP contribution in [0, 0.1) is 0 Å². The van der Waals surface area contributed by atoms with Gasteiger partial charge < -0.3 is 5.11 Å². The Bertz CT molecular complexity index is 454. The number of carboxylic acid groups (broad SMARTS) is 1. The minimum absolute atomic E-state index is 0.259. The van der Waals surface area contributed by atoms with E-state index in [-0.39, 0.29) is 5.56 Å². The molecule has 0 spiro atoms. The van der Waals surface area contributed by atoms with E-state index >= 15 is 0 Å². The predicted octanol–water partition coefficient (Wildman–Crippen LogP) is 1.05. The third-order valence-electron chi connectivity index (χ3n) is 1.64. The van der Waals surface area contributed by atoms with E-state index in [0.29, 0.717) is 5.16 Å². The number of aromatic nitrogens is 4. The molecule has 2 rings (SSSR count). The van der Waals surface area contributed by atoms with E-state index in [4.69, 9.17) is 5.11 Å². The van der Waals surface area contributed by atoms with Crippen LogP contribution in [0.3, 0.4) is 0 Å². The number of nitrogens with zero attached hydrogens (tertiary/aromatic N) is 3. The van der Waals surface area contributed by atoms with Crippen LogP contribution in [0.4, 0.5) is 0 Å². The number of aromatic carboxylic acids is 1. The van der Waals surface area contributed by atoms with Gasteiger partial charge in [0.1, 0.15) is 0 Å². The SMILES string of the molecule is O=C(O)c1ccc(Sc2nnn[nH]2)cc1. The number of nitrogens with one attached hydrogen (secondary N) is 1. The Morgan fingerprint density at radius 3 is 2.60 bits per heavy atom. The smallest absolute Gasteiger partial charge is 0.335 e. The Kier molecular flexibility index (Phi) is 2.64. The second-order valence-corrected chi connectivity index (χ2v) is 3.70. The van der Waals surface area contributed by atoms with Crippen LogP contribution in [0.15, 0.2) is 34.3 Å². The van der Waals surface area contributed by atoms with Gasteiger partial charge in [0.25, 0.3) is 0 Å². The van der Waals surface area contributed by atoms with Gasteiger partial charge in [-0.15, -0.1) is 5.10 Å². The highest BCUT2D eigenvalue weighted by Crippen LogP contribution is 2.23. The highest BCUT2D eigenvalue weighted by atomic mass is 32.2. The molecule has 2 N–H and O–H groups in total. The minimum Gasteiger partial charge on any atom is -0.478 e. The van der Waals surface area contributed by atoms with Crippen molar-refractivity contribution in [2.75, 3.05) is 0 Å². The molecule has 0 saturated heterocycles. The first kappa shape index (κ1) is 9.66. The zero-order chi connectivity index (χ0) is 10.7. The van der Waals surface area contributed by atoms with Gasteiger partial charge >= 0.3 is 5.97 Å². The van der Waals surface area contributed by atoms with Crippen LogP contribution in [-0.2, 0) is 0 Å². The average molecular weight is 222 g/mol. The van der Waals surface area contributed by atoms with Crippen molar-refractivity contribution in [2.24, 2.45) is 0 Å². The lowest BCUT2D eigenvalue weighted by Crippen LogP contribution is -1.94. The molecule has 0 aliphatic rings.